The number of aromatic carboxylic acids is 1. The van der Waals surface area contributed by atoms with Crippen molar-refractivity contribution in [3.8, 4) is 11.3 Å². The fourth-order valence-electron chi connectivity index (χ4n) is 6.17. The van der Waals surface area contributed by atoms with Gasteiger partial charge in [0.1, 0.15) is 0 Å². The van der Waals surface area contributed by atoms with Gasteiger partial charge in [-0.1, -0.05) is 43.5 Å². The molecule has 1 fully saturated rings. The molecule has 1 aliphatic carbocycles. The minimum Gasteiger partial charge on any atom is -0.478 e. The maximum Gasteiger partial charge on any atom is 0.335 e. The van der Waals surface area contributed by atoms with E-state index in [0.717, 1.165) is 31.6 Å². The minimum atomic E-state index is -0.866. The summed E-state index contributed by atoms with van der Waals surface area (Å²) in [6, 6.07) is 18.7. The maximum absolute atomic E-state index is 11.8. The van der Waals surface area contributed by atoms with Crippen LogP contribution in [0.15, 0.2) is 67.0 Å². The van der Waals surface area contributed by atoms with Crippen molar-refractivity contribution in [1.82, 2.24) is 9.55 Å². The fraction of sp³-hybridized carbons (Fsp3) is 0.333. The molecular weight excluding hydrogens is 434 g/mol. The molecule has 0 saturated heterocycles. The summed E-state index contributed by atoms with van der Waals surface area (Å²) in [5, 5.41) is 10.9. The van der Waals surface area contributed by atoms with Crippen molar-refractivity contribution in [3.05, 3.63) is 83.7 Å². The zero-order valence-corrected chi connectivity index (χ0v) is 20.0. The normalized spacial score (nSPS) is 16.1. The van der Waals surface area contributed by atoms with E-state index in [1.54, 1.807) is 6.07 Å². The van der Waals surface area contributed by atoms with Gasteiger partial charge in [-0.3, -0.25) is 4.98 Å². The zero-order valence-electron chi connectivity index (χ0n) is 20.0. The van der Waals surface area contributed by atoms with Gasteiger partial charge in [0.2, 0.25) is 0 Å². The third-order valence-corrected chi connectivity index (χ3v) is 7.88. The number of pyridine rings is 1. The smallest absolute Gasteiger partial charge is 0.335 e. The Bertz CT molecular complexity index is 1370. The van der Waals surface area contributed by atoms with Crippen molar-refractivity contribution in [2.45, 2.75) is 51.0 Å². The van der Waals surface area contributed by atoms with Crippen LogP contribution in [0.1, 0.15) is 59.5 Å². The number of aromatic nitrogens is 2. The van der Waals surface area contributed by atoms with Crippen LogP contribution in [0.4, 0.5) is 5.69 Å². The Morgan fingerprint density at radius 1 is 0.971 bits per heavy atom. The molecule has 0 radical (unpaired) electrons. The van der Waals surface area contributed by atoms with Gasteiger partial charge < -0.3 is 14.6 Å². The number of hydrogen-bond acceptors (Lipinski definition) is 3. The van der Waals surface area contributed by atoms with E-state index >= 15 is 0 Å². The summed E-state index contributed by atoms with van der Waals surface area (Å²) in [5.74, 6) is -0.343. The molecule has 2 aromatic heterocycles. The molecular formula is C30H31N3O2. The first kappa shape index (κ1) is 21.9. The maximum atomic E-state index is 11.8. The van der Waals surface area contributed by atoms with Crippen LogP contribution in [0.3, 0.4) is 0 Å². The van der Waals surface area contributed by atoms with Gasteiger partial charge >= 0.3 is 5.97 Å². The van der Waals surface area contributed by atoms with Crippen LogP contribution in [0.25, 0.3) is 22.2 Å². The SMILES string of the molecule is O=C(O)c1ccc2c(C3CCCCC3)c3n(c2c1)CCN(CCc1ccncc1)c1ccccc1-3. The lowest BCUT2D eigenvalue weighted by Crippen LogP contribution is -2.28. The van der Waals surface area contributed by atoms with Crippen molar-refractivity contribution in [2.75, 3.05) is 18.0 Å². The van der Waals surface area contributed by atoms with Crippen molar-refractivity contribution in [3.63, 3.8) is 0 Å². The molecule has 2 aromatic carbocycles. The number of hydrogen-bond donors (Lipinski definition) is 1. The number of carboxylic acids is 1. The van der Waals surface area contributed by atoms with Crippen molar-refractivity contribution < 1.29 is 9.90 Å². The molecule has 0 unspecified atom stereocenters. The molecule has 5 heteroatoms. The van der Waals surface area contributed by atoms with Crippen LogP contribution in [0.5, 0.6) is 0 Å². The standard InChI is InChI=1S/C30H31N3O2/c34-30(35)23-10-11-24-27(20-23)33-19-18-32(17-14-21-12-15-31-16-13-21)26-9-5-4-8-25(26)29(33)28(24)22-6-2-1-3-7-22/h4-5,8-13,15-16,20,22H,1-3,6-7,14,17-19H2,(H,34,35). The van der Waals surface area contributed by atoms with Gasteiger partial charge in [0.15, 0.2) is 0 Å². The highest BCUT2D eigenvalue weighted by atomic mass is 16.4. The largest absolute Gasteiger partial charge is 0.478 e. The van der Waals surface area contributed by atoms with Crippen molar-refractivity contribution >= 4 is 22.6 Å². The average Bonchev–Trinajstić information content (AvgIpc) is 3.14. The summed E-state index contributed by atoms with van der Waals surface area (Å²) in [4.78, 5) is 18.5. The first-order valence-corrected chi connectivity index (χ1v) is 12.8. The van der Waals surface area contributed by atoms with E-state index in [0.29, 0.717) is 11.5 Å². The van der Waals surface area contributed by atoms with Gasteiger partial charge in [-0.25, -0.2) is 4.79 Å². The van der Waals surface area contributed by atoms with E-state index in [4.69, 9.17) is 0 Å². The van der Waals surface area contributed by atoms with Gasteiger partial charge in [-0.15, -0.1) is 0 Å². The Hall–Kier alpha value is -3.60. The summed E-state index contributed by atoms with van der Waals surface area (Å²) in [5.41, 5.74) is 8.00. The van der Waals surface area contributed by atoms with Crippen LogP contribution in [0, 0.1) is 0 Å². The number of fused-ring (bicyclic) bond motifs is 5. The zero-order chi connectivity index (χ0) is 23.8. The second-order valence-electron chi connectivity index (χ2n) is 9.90. The van der Waals surface area contributed by atoms with Gasteiger partial charge in [0, 0.05) is 54.2 Å². The summed E-state index contributed by atoms with van der Waals surface area (Å²) in [7, 11) is 0. The molecule has 35 heavy (non-hydrogen) atoms. The van der Waals surface area contributed by atoms with Gasteiger partial charge in [-0.05, 0) is 66.6 Å². The minimum absolute atomic E-state index is 0.361. The number of anilines is 1. The van der Waals surface area contributed by atoms with Crippen LogP contribution >= 0.6 is 0 Å². The number of nitrogens with zero attached hydrogens (tertiary/aromatic N) is 3. The predicted octanol–water partition coefficient (Wildman–Crippen LogP) is 6.51. The number of para-hydroxylation sites is 1. The summed E-state index contributed by atoms with van der Waals surface area (Å²) >= 11 is 0. The molecule has 1 aliphatic heterocycles. The van der Waals surface area contributed by atoms with Crippen molar-refractivity contribution in [2.24, 2.45) is 0 Å². The number of carboxylic acid groups (broad SMARTS) is 1. The Labute approximate surface area is 206 Å². The third-order valence-electron chi connectivity index (χ3n) is 7.88. The molecule has 178 valence electrons. The first-order chi connectivity index (χ1) is 17.2. The van der Waals surface area contributed by atoms with Crippen LogP contribution < -0.4 is 4.90 Å². The van der Waals surface area contributed by atoms with E-state index < -0.39 is 5.97 Å². The highest BCUT2D eigenvalue weighted by Crippen LogP contribution is 2.47. The lowest BCUT2D eigenvalue weighted by Gasteiger charge is -2.26. The molecule has 2 aliphatic rings. The molecule has 1 N–H and O–H groups in total. The second kappa shape index (κ2) is 9.21. The van der Waals surface area contributed by atoms with E-state index in [-0.39, 0.29) is 0 Å². The summed E-state index contributed by atoms with van der Waals surface area (Å²) in [6.45, 7) is 2.66. The van der Waals surface area contributed by atoms with Gasteiger partial charge in [-0.2, -0.15) is 0 Å². The van der Waals surface area contributed by atoms with E-state index in [1.807, 2.05) is 18.5 Å². The molecule has 1 saturated carbocycles. The molecule has 0 bridgehead atoms. The van der Waals surface area contributed by atoms with E-state index in [2.05, 4.69) is 56.9 Å². The van der Waals surface area contributed by atoms with Crippen LogP contribution in [0.2, 0.25) is 0 Å². The number of carbonyl (C=O) groups is 1. The van der Waals surface area contributed by atoms with Crippen molar-refractivity contribution in [1.29, 1.82) is 0 Å². The Morgan fingerprint density at radius 3 is 2.57 bits per heavy atom. The molecule has 0 amide bonds. The fourth-order valence-corrected chi connectivity index (χ4v) is 6.17. The van der Waals surface area contributed by atoms with Gasteiger partial charge in [0.25, 0.3) is 0 Å². The Morgan fingerprint density at radius 2 is 1.77 bits per heavy atom. The van der Waals surface area contributed by atoms with Gasteiger partial charge in [0.05, 0.1) is 11.3 Å². The highest BCUT2D eigenvalue weighted by Gasteiger charge is 2.30. The number of rotatable bonds is 5. The predicted molar refractivity (Wildman–Crippen MR) is 140 cm³/mol. The highest BCUT2D eigenvalue weighted by molar-refractivity contribution is 5.99. The molecule has 6 rings (SSSR count). The summed E-state index contributed by atoms with van der Waals surface area (Å²) < 4.78 is 2.41. The second-order valence-corrected chi connectivity index (χ2v) is 9.90. The lowest BCUT2D eigenvalue weighted by atomic mass is 9.81. The molecule has 3 heterocycles. The molecule has 0 spiro atoms. The first-order valence-electron chi connectivity index (χ1n) is 12.8. The van der Waals surface area contributed by atoms with Crippen LogP contribution in [-0.2, 0) is 13.0 Å². The lowest BCUT2D eigenvalue weighted by molar-refractivity contribution is 0.0697. The average molecular weight is 466 g/mol. The molecule has 5 nitrogen and oxygen atoms in total. The summed E-state index contributed by atoms with van der Waals surface area (Å²) in [6.07, 6.45) is 11.0. The quantitative estimate of drug-likeness (QED) is 0.365. The molecule has 4 aromatic rings. The Kier molecular flexibility index (Phi) is 5.77. The Balaban J connectivity index is 1.50. The van der Waals surface area contributed by atoms with E-state index in [1.165, 1.54) is 65.6 Å². The third kappa shape index (κ3) is 3.99. The van der Waals surface area contributed by atoms with Crippen LogP contribution in [-0.4, -0.2) is 33.7 Å². The van der Waals surface area contributed by atoms with E-state index in [9.17, 15) is 9.90 Å². The monoisotopic (exact) mass is 465 g/mol. The number of benzene rings is 2. The topological polar surface area (TPSA) is 58.4 Å². The molecule has 0 atom stereocenters.